The molecule has 1 amide bonds. The van der Waals surface area contributed by atoms with Crippen LogP contribution in [0.1, 0.15) is 47.9 Å². The fourth-order valence-electron chi connectivity index (χ4n) is 3.76. The SMILES string of the molecule is C[C@H](OC(=O)c1ccc2c(=O)n3c(nc2c1)CCCCC3)C(=O)NCc1ccccc1. The number of rotatable bonds is 5. The number of aromatic nitrogens is 2. The van der Waals surface area contributed by atoms with Gasteiger partial charge < -0.3 is 10.1 Å². The van der Waals surface area contributed by atoms with Gasteiger partial charge in [-0.25, -0.2) is 9.78 Å². The molecule has 0 fully saturated rings. The third-order valence-electron chi connectivity index (χ3n) is 5.51. The minimum absolute atomic E-state index is 0.0736. The van der Waals surface area contributed by atoms with Crippen LogP contribution in [0.4, 0.5) is 0 Å². The van der Waals surface area contributed by atoms with Crippen molar-refractivity contribution in [3.63, 3.8) is 0 Å². The zero-order valence-corrected chi connectivity index (χ0v) is 17.5. The molecule has 0 radical (unpaired) electrons. The van der Waals surface area contributed by atoms with Gasteiger partial charge in [0.25, 0.3) is 11.5 Å². The molecule has 160 valence electrons. The van der Waals surface area contributed by atoms with Crippen molar-refractivity contribution in [2.45, 2.75) is 51.8 Å². The number of carbonyl (C=O) groups is 2. The third-order valence-corrected chi connectivity index (χ3v) is 5.51. The molecule has 7 heteroatoms. The summed E-state index contributed by atoms with van der Waals surface area (Å²) in [5, 5.41) is 3.24. The standard InChI is InChI=1S/C24H25N3O4/c1-16(22(28)25-15-17-8-4-2-5-9-17)31-24(30)18-11-12-19-20(14-18)26-21-10-6-3-7-13-27(21)23(19)29/h2,4-5,8-9,11-12,14,16H,3,6-7,10,13,15H2,1H3,(H,25,28)/t16-/m0/s1. The lowest BCUT2D eigenvalue weighted by molar-refractivity contribution is -0.129. The second-order valence-electron chi connectivity index (χ2n) is 7.78. The predicted molar refractivity (Wildman–Crippen MR) is 117 cm³/mol. The van der Waals surface area contributed by atoms with Crippen molar-refractivity contribution in [3.8, 4) is 0 Å². The average Bonchev–Trinajstić information content (AvgIpc) is 3.03. The Hall–Kier alpha value is -3.48. The highest BCUT2D eigenvalue weighted by Gasteiger charge is 2.20. The van der Waals surface area contributed by atoms with Gasteiger partial charge in [-0.15, -0.1) is 0 Å². The molecular formula is C24H25N3O4. The Balaban J connectivity index is 1.47. The Labute approximate surface area is 180 Å². The van der Waals surface area contributed by atoms with Crippen LogP contribution < -0.4 is 10.9 Å². The minimum Gasteiger partial charge on any atom is -0.449 e. The lowest BCUT2D eigenvalue weighted by Gasteiger charge is -2.14. The van der Waals surface area contributed by atoms with E-state index < -0.39 is 12.1 Å². The fourth-order valence-corrected chi connectivity index (χ4v) is 3.76. The van der Waals surface area contributed by atoms with E-state index in [1.54, 1.807) is 22.8 Å². The van der Waals surface area contributed by atoms with Gasteiger partial charge in [0.1, 0.15) is 5.82 Å². The molecule has 0 bridgehead atoms. The smallest absolute Gasteiger partial charge is 0.338 e. The molecule has 0 saturated heterocycles. The lowest BCUT2D eigenvalue weighted by Crippen LogP contribution is -2.35. The highest BCUT2D eigenvalue weighted by atomic mass is 16.5. The first-order valence-electron chi connectivity index (χ1n) is 10.6. The molecule has 1 atom stereocenters. The van der Waals surface area contributed by atoms with Crippen molar-refractivity contribution >= 4 is 22.8 Å². The van der Waals surface area contributed by atoms with Gasteiger partial charge in [-0.2, -0.15) is 0 Å². The maximum Gasteiger partial charge on any atom is 0.338 e. The summed E-state index contributed by atoms with van der Waals surface area (Å²) in [5.41, 5.74) is 1.63. The Morgan fingerprint density at radius 1 is 1.13 bits per heavy atom. The van der Waals surface area contributed by atoms with E-state index in [9.17, 15) is 14.4 Å². The van der Waals surface area contributed by atoms with Crippen LogP contribution in [0.3, 0.4) is 0 Å². The number of carbonyl (C=O) groups excluding carboxylic acids is 2. The van der Waals surface area contributed by atoms with E-state index >= 15 is 0 Å². The fraction of sp³-hybridized carbons (Fsp3) is 0.333. The largest absolute Gasteiger partial charge is 0.449 e. The van der Waals surface area contributed by atoms with Crippen LogP contribution in [0.5, 0.6) is 0 Å². The van der Waals surface area contributed by atoms with E-state index in [-0.39, 0.29) is 17.0 Å². The second kappa shape index (κ2) is 9.12. The van der Waals surface area contributed by atoms with Crippen LogP contribution in [0.25, 0.3) is 10.9 Å². The summed E-state index contributed by atoms with van der Waals surface area (Å²) in [7, 11) is 0. The molecule has 0 aliphatic carbocycles. The molecule has 3 aromatic rings. The van der Waals surface area contributed by atoms with E-state index in [1.807, 2.05) is 30.3 Å². The van der Waals surface area contributed by atoms with E-state index in [2.05, 4.69) is 10.3 Å². The molecule has 1 aliphatic heterocycles. The first kappa shape index (κ1) is 20.8. The van der Waals surface area contributed by atoms with Crippen molar-refractivity contribution in [2.24, 2.45) is 0 Å². The Morgan fingerprint density at radius 2 is 1.94 bits per heavy atom. The molecular weight excluding hydrogens is 394 g/mol. The average molecular weight is 419 g/mol. The van der Waals surface area contributed by atoms with Crippen molar-refractivity contribution in [3.05, 3.63) is 75.8 Å². The Kier molecular flexibility index (Phi) is 6.11. The van der Waals surface area contributed by atoms with Gasteiger partial charge in [0, 0.05) is 19.5 Å². The predicted octanol–water partition coefficient (Wildman–Crippen LogP) is 2.98. The molecule has 0 saturated carbocycles. The minimum atomic E-state index is -0.947. The number of aryl methyl sites for hydroxylation is 1. The number of ether oxygens (including phenoxy) is 1. The molecule has 1 aliphatic rings. The van der Waals surface area contributed by atoms with E-state index in [0.29, 0.717) is 24.0 Å². The van der Waals surface area contributed by atoms with E-state index in [0.717, 1.165) is 37.1 Å². The normalized spacial score (nSPS) is 14.4. The van der Waals surface area contributed by atoms with Crippen LogP contribution in [-0.4, -0.2) is 27.5 Å². The molecule has 1 N–H and O–H groups in total. The monoisotopic (exact) mass is 419 g/mol. The molecule has 7 nitrogen and oxygen atoms in total. The molecule has 2 heterocycles. The van der Waals surface area contributed by atoms with Crippen LogP contribution in [0.15, 0.2) is 53.3 Å². The van der Waals surface area contributed by atoms with Gasteiger partial charge in [0.2, 0.25) is 0 Å². The topological polar surface area (TPSA) is 90.3 Å². The molecule has 1 aromatic heterocycles. The maximum absolute atomic E-state index is 12.8. The summed E-state index contributed by atoms with van der Waals surface area (Å²) in [4.78, 5) is 42.3. The van der Waals surface area contributed by atoms with Crippen molar-refractivity contribution < 1.29 is 14.3 Å². The first-order valence-corrected chi connectivity index (χ1v) is 10.6. The number of esters is 1. The van der Waals surface area contributed by atoms with Crippen LogP contribution in [-0.2, 0) is 29.0 Å². The second-order valence-corrected chi connectivity index (χ2v) is 7.78. The first-order chi connectivity index (χ1) is 15.0. The summed E-state index contributed by atoms with van der Waals surface area (Å²) in [5.74, 6) is -0.241. The molecule has 0 spiro atoms. The van der Waals surface area contributed by atoms with Gasteiger partial charge in [0.15, 0.2) is 6.10 Å². The zero-order valence-electron chi connectivity index (χ0n) is 17.5. The van der Waals surface area contributed by atoms with Gasteiger partial charge in [-0.3, -0.25) is 14.2 Å². The quantitative estimate of drug-likeness (QED) is 0.642. The van der Waals surface area contributed by atoms with Crippen molar-refractivity contribution in [1.82, 2.24) is 14.9 Å². The summed E-state index contributed by atoms with van der Waals surface area (Å²) >= 11 is 0. The Bertz CT molecular complexity index is 1170. The van der Waals surface area contributed by atoms with Gasteiger partial charge >= 0.3 is 5.97 Å². The number of fused-ring (bicyclic) bond motifs is 2. The third kappa shape index (κ3) is 4.66. The lowest BCUT2D eigenvalue weighted by atomic mass is 10.1. The molecule has 2 aromatic carbocycles. The highest BCUT2D eigenvalue weighted by Crippen LogP contribution is 2.17. The highest BCUT2D eigenvalue weighted by molar-refractivity contribution is 5.95. The summed E-state index contributed by atoms with van der Waals surface area (Å²) < 4.78 is 7.08. The molecule has 4 rings (SSSR count). The Morgan fingerprint density at radius 3 is 2.74 bits per heavy atom. The number of nitrogens with zero attached hydrogens (tertiary/aromatic N) is 2. The van der Waals surface area contributed by atoms with Crippen molar-refractivity contribution in [2.75, 3.05) is 0 Å². The van der Waals surface area contributed by atoms with Gasteiger partial charge in [-0.1, -0.05) is 36.8 Å². The number of nitrogens with one attached hydrogen (secondary N) is 1. The maximum atomic E-state index is 12.8. The van der Waals surface area contributed by atoms with Crippen LogP contribution in [0, 0.1) is 0 Å². The van der Waals surface area contributed by atoms with E-state index in [1.165, 1.54) is 6.92 Å². The van der Waals surface area contributed by atoms with Gasteiger partial charge in [0.05, 0.1) is 16.5 Å². The van der Waals surface area contributed by atoms with E-state index in [4.69, 9.17) is 4.74 Å². The number of benzene rings is 2. The molecule has 31 heavy (non-hydrogen) atoms. The molecule has 0 unspecified atom stereocenters. The summed E-state index contributed by atoms with van der Waals surface area (Å²) in [6.45, 7) is 2.57. The van der Waals surface area contributed by atoms with Crippen molar-refractivity contribution in [1.29, 1.82) is 0 Å². The number of hydrogen-bond acceptors (Lipinski definition) is 5. The van der Waals surface area contributed by atoms with Gasteiger partial charge in [-0.05, 0) is 43.5 Å². The number of amides is 1. The van der Waals surface area contributed by atoms with Crippen LogP contribution >= 0.6 is 0 Å². The number of hydrogen-bond donors (Lipinski definition) is 1. The summed E-state index contributed by atoms with van der Waals surface area (Å²) in [6.07, 6.45) is 2.83. The summed E-state index contributed by atoms with van der Waals surface area (Å²) in [6, 6.07) is 14.2. The van der Waals surface area contributed by atoms with Crippen LogP contribution in [0.2, 0.25) is 0 Å². The zero-order chi connectivity index (χ0) is 21.8.